The molecule has 0 saturated heterocycles. The van der Waals surface area contributed by atoms with E-state index in [1.54, 1.807) is 12.1 Å². The van der Waals surface area contributed by atoms with Crippen LogP contribution in [0.5, 0.6) is 0 Å². The van der Waals surface area contributed by atoms with Crippen molar-refractivity contribution in [1.29, 1.82) is 0 Å². The van der Waals surface area contributed by atoms with Crippen molar-refractivity contribution in [3.8, 4) is 0 Å². The first kappa shape index (κ1) is 17.4. The number of nitrogens with one attached hydrogen (secondary N) is 1. The lowest BCUT2D eigenvalue weighted by Crippen LogP contribution is -2.26. The number of halogens is 1. The number of carboxylic acid groups (broad SMARTS) is 1. The summed E-state index contributed by atoms with van der Waals surface area (Å²) < 4.78 is 0. The number of carbonyl (C=O) groups excluding carboxylic acids is 1. The van der Waals surface area contributed by atoms with Crippen LogP contribution in [0.15, 0.2) is 12.1 Å². The first-order valence-corrected chi connectivity index (χ1v) is 7.46. The van der Waals surface area contributed by atoms with Crippen LogP contribution in [-0.2, 0) is 11.2 Å². The summed E-state index contributed by atoms with van der Waals surface area (Å²) in [5, 5.41) is 11.7. The zero-order valence-electron chi connectivity index (χ0n) is 12.4. The minimum Gasteiger partial charge on any atom is -0.481 e. The third kappa shape index (κ3) is 6.58. The van der Waals surface area contributed by atoms with Gasteiger partial charge in [0.15, 0.2) is 0 Å². The highest BCUT2D eigenvalue weighted by molar-refractivity contribution is 6.29. The normalized spacial score (nSPS) is 12.0. The molecule has 0 bridgehead atoms. The summed E-state index contributed by atoms with van der Waals surface area (Å²) in [6, 6.07) is 3.28. The van der Waals surface area contributed by atoms with Gasteiger partial charge in [-0.2, -0.15) is 0 Å². The minimum atomic E-state index is -0.788. The molecule has 1 unspecified atom stereocenters. The molecule has 1 amide bonds. The molecule has 5 nitrogen and oxygen atoms in total. The number of hydrogen-bond acceptors (Lipinski definition) is 3. The van der Waals surface area contributed by atoms with E-state index in [9.17, 15) is 9.59 Å². The van der Waals surface area contributed by atoms with Crippen molar-refractivity contribution in [3.63, 3.8) is 0 Å². The summed E-state index contributed by atoms with van der Waals surface area (Å²) in [4.78, 5) is 26.6. The van der Waals surface area contributed by atoms with Gasteiger partial charge in [0.1, 0.15) is 5.15 Å². The largest absolute Gasteiger partial charge is 0.481 e. The number of amides is 1. The SMILES string of the molecule is CCc1cc(C(=O)NCCC(C)CCC(=O)O)cc(Cl)n1. The fourth-order valence-corrected chi connectivity index (χ4v) is 2.14. The monoisotopic (exact) mass is 312 g/mol. The lowest BCUT2D eigenvalue weighted by atomic mass is 10.0. The van der Waals surface area contributed by atoms with Crippen LogP contribution in [0.2, 0.25) is 5.15 Å². The summed E-state index contributed by atoms with van der Waals surface area (Å²) in [6.07, 6.45) is 2.24. The van der Waals surface area contributed by atoms with Crippen LogP contribution in [0.3, 0.4) is 0 Å². The van der Waals surface area contributed by atoms with E-state index in [1.807, 2.05) is 13.8 Å². The van der Waals surface area contributed by atoms with E-state index in [1.165, 1.54) is 0 Å². The standard InChI is InChI=1S/C15H21ClN2O3/c1-3-12-8-11(9-13(16)18-12)15(21)17-7-6-10(2)4-5-14(19)20/h8-10H,3-7H2,1-2H3,(H,17,21)(H,19,20). The van der Waals surface area contributed by atoms with Crippen molar-refractivity contribution in [2.45, 2.75) is 39.5 Å². The molecule has 0 radical (unpaired) electrons. The van der Waals surface area contributed by atoms with Gasteiger partial charge in [-0.3, -0.25) is 9.59 Å². The van der Waals surface area contributed by atoms with Gasteiger partial charge in [-0.05, 0) is 37.3 Å². The second kappa shape index (κ2) is 8.62. The van der Waals surface area contributed by atoms with Gasteiger partial charge in [-0.25, -0.2) is 4.98 Å². The van der Waals surface area contributed by atoms with Gasteiger partial charge in [0, 0.05) is 24.2 Å². The molecule has 0 fully saturated rings. The molecule has 0 saturated carbocycles. The Bertz CT molecular complexity index is 506. The molecular formula is C15H21ClN2O3. The highest BCUT2D eigenvalue weighted by Crippen LogP contribution is 2.12. The van der Waals surface area contributed by atoms with Crippen molar-refractivity contribution in [3.05, 3.63) is 28.5 Å². The summed E-state index contributed by atoms with van der Waals surface area (Å²) in [6.45, 7) is 4.44. The van der Waals surface area contributed by atoms with Crippen molar-refractivity contribution in [2.24, 2.45) is 5.92 Å². The van der Waals surface area contributed by atoms with Crippen molar-refractivity contribution in [2.75, 3.05) is 6.54 Å². The average molecular weight is 313 g/mol. The Hall–Kier alpha value is -1.62. The quantitative estimate of drug-likeness (QED) is 0.723. The molecule has 1 aromatic heterocycles. The summed E-state index contributed by atoms with van der Waals surface area (Å²) >= 11 is 5.88. The highest BCUT2D eigenvalue weighted by Gasteiger charge is 2.10. The van der Waals surface area contributed by atoms with E-state index in [2.05, 4.69) is 10.3 Å². The first-order valence-electron chi connectivity index (χ1n) is 7.08. The number of rotatable bonds is 8. The van der Waals surface area contributed by atoms with E-state index in [0.717, 1.165) is 12.1 Å². The zero-order valence-corrected chi connectivity index (χ0v) is 13.1. The lowest BCUT2D eigenvalue weighted by molar-refractivity contribution is -0.137. The van der Waals surface area contributed by atoms with Gasteiger partial charge in [-0.15, -0.1) is 0 Å². The van der Waals surface area contributed by atoms with Crippen molar-refractivity contribution >= 4 is 23.5 Å². The number of carbonyl (C=O) groups is 2. The molecule has 0 aliphatic heterocycles. The Morgan fingerprint density at radius 1 is 1.38 bits per heavy atom. The second-order valence-electron chi connectivity index (χ2n) is 5.11. The van der Waals surface area contributed by atoms with Gasteiger partial charge >= 0.3 is 5.97 Å². The van der Waals surface area contributed by atoms with Gasteiger partial charge in [0.2, 0.25) is 0 Å². The molecule has 0 aliphatic carbocycles. The molecule has 6 heteroatoms. The predicted octanol–water partition coefficient (Wildman–Crippen LogP) is 2.92. The van der Waals surface area contributed by atoms with Gasteiger partial charge < -0.3 is 10.4 Å². The van der Waals surface area contributed by atoms with E-state index in [0.29, 0.717) is 30.1 Å². The maximum Gasteiger partial charge on any atom is 0.303 e. The van der Waals surface area contributed by atoms with Crippen LogP contribution in [0, 0.1) is 5.92 Å². The number of aromatic nitrogens is 1. The van der Waals surface area contributed by atoms with Crippen LogP contribution in [-0.4, -0.2) is 28.5 Å². The molecule has 1 atom stereocenters. The number of hydrogen-bond donors (Lipinski definition) is 2. The van der Waals surface area contributed by atoms with E-state index >= 15 is 0 Å². The summed E-state index contributed by atoms with van der Waals surface area (Å²) in [5.74, 6) is -0.711. The molecule has 1 heterocycles. The summed E-state index contributed by atoms with van der Waals surface area (Å²) in [5.41, 5.74) is 1.28. The third-order valence-corrected chi connectivity index (χ3v) is 3.44. The zero-order chi connectivity index (χ0) is 15.8. The lowest BCUT2D eigenvalue weighted by Gasteiger charge is -2.11. The molecular weight excluding hydrogens is 292 g/mol. The third-order valence-electron chi connectivity index (χ3n) is 3.25. The smallest absolute Gasteiger partial charge is 0.303 e. The Labute approximate surface area is 129 Å². The number of nitrogens with zero attached hydrogens (tertiary/aromatic N) is 1. The fourth-order valence-electron chi connectivity index (χ4n) is 1.91. The maximum absolute atomic E-state index is 12.0. The van der Waals surface area contributed by atoms with Crippen LogP contribution in [0.4, 0.5) is 0 Å². The summed E-state index contributed by atoms with van der Waals surface area (Å²) in [7, 11) is 0. The number of aryl methyl sites for hydroxylation is 1. The van der Waals surface area contributed by atoms with E-state index in [4.69, 9.17) is 16.7 Å². The molecule has 0 aliphatic rings. The highest BCUT2D eigenvalue weighted by atomic mass is 35.5. The molecule has 2 N–H and O–H groups in total. The van der Waals surface area contributed by atoms with Crippen molar-refractivity contribution < 1.29 is 14.7 Å². The molecule has 1 aromatic rings. The first-order chi connectivity index (χ1) is 9.92. The van der Waals surface area contributed by atoms with E-state index in [-0.39, 0.29) is 18.2 Å². The van der Waals surface area contributed by atoms with E-state index < -0.39 is 5.97 Å². The molecule has 1 rings (SSSR count). The molecule has 0 spiro atoms. The van der Waals surface area contributed by atoms with Gasteiger partial charge in [0.25, 0.3) is 5.91 Å². The van der Waals surface area contributed by atoms with Gasteiger partial charge in [-0.1, -0.05) is 25.4 Å². The molecule has 0 aromatic carbocycles. The maximum atomic E-state index is 12.0. The molecule has 21 heavy (non-hydrogen) atoms. The minimum absolute atomic E-state index is 0.162. The van der Waals surface area contributed by atoms with Crippen LogP contribution >= 0.6 is 11.6 Å². The Kier molecular flexibility index (Phi) is 7.15. The van der Waals surface area contributed by atoms with Crippen LogP contribution < -0.4 is 5.32 Å². The number of aliphatic carboxylic acids is 1. The Balaban J connectivity index is 2.43. The number of carboxylic acids is 1. The number of pyridine rings is 1. The predicted molar refractivity (Wildman–Crippen MR) is 81.6 cm³/mol. The molecule has 116 valence electrons. The Morgan fingerprint density at radius 3 is 2.71 bits per heavy atom. The van der Waals surface area contributed by atoms with Gasteiger partial charge in [0.05, 0.1) is 0 Å². The Morgan fingerprint density at radius 2 is 2.10 bits per heavy atom. The fraction of sp³-hybridized carbons (Fsp3) is 0.533. The average Bonchev–Trinajstić information content (AvgIpc) is 2.44. The van der Waals surface area contributed by atoms with Crippen LogP contribution in [0.1, 0.15) is 49.2 Å². The van der Waals surface area contributed by atoms with Crippen LogP contribution in [0.25, 0.3) is 0 Å². The second-order valence-corrected chi connectivity index (χ2v) is 5.49. The van der Waals surface area contributed by atoms with Crippen molar-refractivity contribution in [1.82, 2.24) is 10.3 Å². The topological polar surface area (TPSA) is 79.3 Å².